The SMILES string of the molecule is COc1ccc(S(=O)(=O)Nc2ccc(SC#N)cc2C)cc1OC. The van der Waals surface area contributed by atoms with Gasteiger partial charge in [-0.25, -0.2) is 8.42 Å². The molecular weight excluding hydrogens is 348 g/mol. The lowest BCUT2D eigenvalue weighted by Crippen LogP contribution is -2.14. The standard InChI is InChI=1S/C16H16N2O4S2/c1-11-8-12(23-10-17)4-6-14(11)18-24(19,20)13-5-7-15(21-2)16(9-13)22-3/h4-9,18H,1-3H3. The lowest BCUT2D eigenvalue weighted by molar-refractivity contribution is 0.354. The summed E-state index contributed by atoms with van der Waals surface area (Å²) in [7, 11) is -0.853. The summed E-state index contributed by atoms with van der Waals surface area (Å²) in [6, 6.07) is 9.45. The number of sulfonamides is 1. The molecule has 6 nitrogen and oxygen atoms in total. The molecule has 0 unspecified atom stereocenters. The minimum Gasteiger partial charge on any atom is -0.493 e. The third kappa shape index (κ3) is 3.93. The van der Waals surface area contributed by atoms with E-state index in [0.717, 1.165) is 22.2 Å². The van der Waals surface area contributed by atoms with Crippen molar-refractivity contribution in [3.8, 4) is 16.9 Å². The Labute approximate surface area is 145 Å². The van der Waals surface area contributed by atoms with E-state index >= 15 is 0 Å². The van der Waals surface area contributed by atoms with Gasteiger partial charge in [0.2, 0.25) is 0 Å². The number of thioether (sulfide) groups is 1. The minimum absolute atomic E-state index is 0.0648. The van der Waals surface area contributed by atoms with Crippen LogP contribution in [0.4, 0.5) is 5.69 Å². The Morgan fingerprint density at radius 1 is 1.08 bits per heavy atom. The van der Waals surface area contributed by atoms with Crippen molar-refractivity contribution in [1.29, 1.82) is 5.26 Å². The normalized spacial score (nSPS) is 10.8. The van der Waals surface area contributed by atoms with Gasteiger partial charge in [-0.3, -0.25) is 4.72 Å². The molecule has 0 atom stereocenters. The average Bonchev–Trinajstić information content (AvgIpc) is 2.56. The molecule has 2 aromatic rings. The van der Waals surface area contributed by atoms with Crippen LogP contribution in [0.3, 0.4) is 0 Å². The largest absolute Gasteiger partial charge is 0.493 e. The minimum atomic E-state index is -3.78. The van der Waals surface area contributed by atoms with E-state index in [4.69, 9.17) is 14.7 Å². The summed E-state index contributed by atoms with van der Waals surface area (Å²) in [5.41, 5.74) is 1.17. The third-order valence-electron chi connectivity index (χ3n) is 3.27. The number of nitrogens with zero attached hydrogens (tertiary/aromatic N) is 1. The number of anilines is 1. The maximum absolute atomic E-state index is 12.6. The summed E-state index contributed by atoms with van der Waals surface area (Å²) < 4.78 is 37.9. The summed E-state index contributed by atoms with van der Waals surface area (Å²) >= 11 is 1.02. The van der Waals surface area contributed by atoms with Gasteiger partial charge in [-0.1, -0.05) is 0 Å². The number of rotatable bonds is 6. The Hall–Kier alpha value is -2.37. The van der Waals surface area contributed by atoms with E-state index in [1.807, 2.05) is 5.40 Å². The smallest absolute Gasteiger partial charge is 0.262 e. The lowest BCUT2D eigenvalue weighted by Gasteiger charge is -2.13. The fourth-order valence-electron chi connectivity index (χ4n) is 2.05. The maximum Gasteiger partial charge on any atom is 0.262 e. The zero-order valence-electron chi connectivity index (χ0n) is 13.4. The van der Waals surface area contributed by atoms with E-state index in [2.05, 4.69) is 4.72 Å². The van der Waals surface area contributed by atoms with Crippen molar-refractivity contribution in [2.45, 2.75) is 16.7 Å². The monoisotopic (exact) mass is 364 g/mol. The topological polar surface area (TPSA) is 88.4 Å². The van der Waals surface area contributed by atoms with E-state index in [0.29, 0.717) is 17.2 Å². The first-order chi connectivity index (χ1) is 11.4. The van der Waals surface area contributed by atoms with Crippen molar-refractivity contribution in [3.63, 3.8) is 0 Å². The molecule has 2 aromatic carbocycles. The Morgan fingerprint density at radius 2 is 1.79 bits per heavy atom. The number of methoxy groups -OCH3 is 2. The number of aryl methyl sites for hydroxylation is 1. The number of thiocyanates is 1. The van der Waals surface area contributed by atoms with Crippen molar-refractivity contribution in [2.24, 2.45) is 0 Å². The Kier molecular flexibility index (Phi) is 5.59. The van der Waals surface area contributed by atoms with E-state index in [9.17, 15) is 8.42 Å². The maximum atomic E-state index is 12.6. The number of ether oxygens (including phenoxy) is 2. The molecule has 126 valence electrons. The van der Waals surface area contributed by atoms with Gasteiger partial charge in [-0.2, -0.15) is 5.26 Å². The van der Waals surface area contributed by atoms with E-state index < -0.39 is 10.0 Å². The molecule has 0 aliphatic heterocycles. The van der Waals surface area contributed by atoms with Gasteiger partial charge in [0.05, 0.1) is 24.8 Å². The number of nitriles is 1. The van der Waals surface area contributed by atoms with E-state index in [-0.39, 0.29) is 4.90 Å². The predicted octanol–water partition coefficient (Wildman–Crippen LogP) is 3.39. The van der Waals surface area contributed by atoms with Crippen LogP contribution < -0.4 is 14.2 Å². The van der Waals surface area contributed by atoms with Crippen LogP contribution in [0.1, 0.15) is 5.56 Å². The molecule has 2 rings (SSSR count). The fraction of sp³-hybridized carbons (Fsp3) is 0.188. The zero-order chi connectivity index (χ0) is 17.7. The van der Waals surface area contributed by atoms with Crippen LogP contribution in [0.2, 0.25) is 0 Å². The Morgan fingerprint density at radius 3 is 2.38 bits per heavy atom. The van der Waals surface area contributed by atoms with Crippen LogP contribution in [-0.4, -0.2) is 22.6 Å². The van der Waals surface area contributed by atoms with Crippen molar-refractivity contribution < 1.29 is 17.9 Å². The summed E-state index contributed by atoms with van der Waals surface area (Å²) in [6.07, 6.45) is 0. The molecule has 0 aliphatic carbocycles. The fourth-order valence-corrected chi connectivity index (χ4v) is 3.68. The van der Waals surface area contributed by atoms with Crippen molar-refractivity contribution in [2.75, 3.05) is 18.9 Å². The van der Waals surface area contributed by atoms with Gasteiger partial charge in [-0.05, 0) is 54.6 Å². The van der Waals surface area contributed by atoms with Gasteiger partial charge < -0.3 is 9.47 Å². The number of hydrogen-bond acceptors (Lipinski definition) is 6. The Balaban J connectivity index is 2.34. The molecule has 0 amide bonds. The third-order valence-corrected chi connectivity index (χ3v) is 5.22. The second-order valence-corrected chi connectivity index (χ2v) is 7.33. The molecule has 8 heteroatoms. The van der Waals surface area contributed by atoms with Crippen LogP contribution in [0.15, 0.2) is 46.2 Å². The molecule has 24 heavy (non-hydrogen) atoms. The van der Waals surface area contributed by atoms with Crippen molar-refractivity contribution in [3.05, 3.63) is 42.0 Å². The highest BCUT2D eigenvalue weighted by Gasteiger charge is 2.18. The lowest BCUT2D eigenvalue weighted by atomic mass is 10.2. The molecule has 0 radical (unpaired) electrons. The van der Waals surface area contributed by atoms with Crippen LogP contribution in [0.25, 0.3) is 0 Å². The number of hydrogen-bond donors (Lipinski definition) is 1. The summed E-state index contributed by atoms with van der Waals surface area (Å²) in [5, 5.41) is 10.7. The first-order valence-corrected chi connectivity index (χ1v) is 9.12. The second-order valence-electron chi connectivity index (χ2n) is 4.79. The molecule has 0 saturated heterocycles. The molecule has 0 saturated carbocycles. The van der Waals surface area contributed by atoms with Gasteiger partial charge in [0.25, 0.3) is 10.0 Å². The summed E-state index contributed by atoms with van der Waals surface area (Å²) in [5.74, 6) is 0.781. The molecule has 0 bridgehead atoms. The summed E-state index contributed by atoms with van der Waals surface area (Å²) in [6.45, 7) is 1.77. The number of nitrogens with one attached hydrogen (secondary N) is 1. The van der Waals surface area contributed by atoms with Crippen molar-refractivity contribution >= 4 is 27.5 Å². The first-order valence-electron chi connectivity index (χ1n) is 6.82. The highest BCUT2D eigenvalue weighted by Crippen LogP contribution is 2.31. The molecule has 0 aromatic heterocycles. The van der Waals surface area contributed by atoms with E-state index in [1.165, 1.54) is 32.4 Å². The van der Waals surface area contributed by atoms with Gasteiger partial charge in [-0.15, -0.1) is 0 Å². The molecule has 0 fully saturated rings. The number of benzene rings is 2. The Bertz CT molecular complexity index is 889. The van der Waals surface area contributed by atoms with Crippen LogP contribution in [0, 0.1) is 17.6 Å². The van der Waals surface area contributed by atoms with Gasteiger partial charge in [0, 0.05) is 11.0 Å². The molecule has 0 spiro atoms. The molecule has 1 N–H and O–H groups in total. The molecular formula is C16H16N2O4S2. The zero-order valence-corrected chi connectivity index (χ0v) is 15.0. The van der Waals surface area contributed by atoms with Crippen molar-refractivity contribution in [1.82, 2.24) is 0 Å². The average molecular weight is 364 g/mol. The highest BCUT2D eigenvalue weighted by atomic mass is 32.2. The van der Waals surface area contributed by atoms with Crippen LogP contribution in [0.5, 0.6) is 11.5 Å². The van der Waals surface area contributed by atoms with Gasteiger partial charge in [0.1, 0.15) is 5.40 Å². The summed E-state index contributed by atoms with van der Waals surface area (Å²) in [4.78, 5) is 0.819. The van der Waals surface area contributed by atoms with Gasteiger partial charge >= 0.3 is 0 Å². The second kappa shape index (κ2) is 7.47. The predicted molar refractivity (Wildman–Crippen MR) is 93.0 cm³/mol. The first kappa shape index (κ1) is 18.0. The molecule has 0 aliphatic rings. The molecule has 0 heterocycles. The van der Waals surface area contributed by atoms with Crippen LogP contribution in [-0.2, 0) is 10.0 Å². The quantitative estimate of drug-likeness (QED) is 0.624. The highest BCUT2D eigenvalue weighted by molar-refractivity contribution is 8.03. The van der Waals surface area contributed by atoms with Gasteiger partial charge in [0.15, 0.2) is 11.5 Å². The van der Waals surface area contributed by atoms with Crippen LogP contribution >= 0.6 is 11.8 Å². The van der Waals surface area contributed by atoms with E-state index in [1.54, 1.807) is 25.1 Å².